The van der Waals surface area contributed by atoms with E-state index in [1.165, 1.54) is 18.2 Å². The van der Waals surface area contributed by atoms with Gasteiger partial charge in [0.1, 0.15) is 11.6 Å². The van der Waals surface area contributed by atoms with Crippen LogP contribution >= 0.6 is 0 Å². The van der Waals surface area contributed by atoms with Gasteiger partial charge < -0.3 is 10.1 Å². The second-order valence-electron chi connectivity index (χ2n) is 6.04. The molecular weight excluding hydrogens is 260 g/mol. The summed E-state index contributed by atoms with van der Waals surface area (Å²) < 4.78 is 33.5. The molecule has 2 unspecified atom stereocenters. The largest absolute Gasteiger partial charge is 0.378 e. The molecule has 1 aliphatic rings. The number of halogens is 2. The molecule has 1 aromatic rings. The van der Waals surface area contributed by atoms with Gasteiger partial charge in [-0.05, 0) is 31.9 Å². The Morgan fingerprint density at radius 1 is 1.35 bits per heavy atom. The molecule has 4 heteroatoms. The van der Waals surface area contributed by atoms with Crippen LogP contribution in [0, 0.1) is 17.0 Å². The zero-order valence-electron chi connectivity index (χ0n) is 12.4. The van der Waals surface area contributed by atoms with Crippen molar-refractivity contribution in [1.82, 2.24) is 5.32 Å². The molecule has 2 rings (SSSR count). The molecule has 0 radical (unpaired) electrons. The minimum atomic E-state index is -0.465. The summed E-state index contributed by atoms with van der Waals surface area (Å²) >= 11 is 0. The summed E-state index contributed by atoms with van der Waals surface area (Å²) in [6, 6.07) is 4.39. The van der Waals surface area contributed by atoms with Gasteiger partial charge in [0.2, 0.25) is 0 Å². The maximum absolute atomic E-state index is 13.9. The highest BCUT2D eigenvalue weighted by Crippen LogP contribution is 2.38. The van der Waals surface area contributed by atoms with Crippen LogP contribution in [0.1, 0.15) is 32.8 Å². The Morgan fingerprint density at radius 3 is 2.50 bits per heavy atom. The third-order valence-corrected chi connectivity index (χ3v) is 4.28. The van der Waals surface area contributed by atoms with Crippen molar-refractivity contribution >= 4 is 0 Å². The van der Waals surface area contributed by atoms with E-state index in [0.29, 0.717) is 25.6 Å². The Bertz CT molecular complexity index is 444. The molecule has 2 nitrogen and oxygen atoms in total. The lowest BCUT2D eigenvalue weighted by molar-refractivity contribution is 0.0612. The average molecular weight is 283 g/mol. The SMILES string of the molecule is CC(C)NCC1(Cc2c(F)cccc2F)CCOC1C. The first kappa shape index (κ1) is 15.4. The van der Waals surface area contributed by atoms with Crippen LogP contribution in [0.2, 0.25) is 0 Å². The second-order valence-corrected chi connectivity index (χ2v) is 6.04. The van der Waals surface area contributed by atoms with Crippen LogP contribution < -0.4 is 5.32 Å². The molecule has 1 aliphatic heterocycles. The van der Waals surface area contributed by atoms with E-state index in [9.17, 15) is 8.78 Å². The third kappa shape index (κ3) is 3.18. The maximum Gasteiger partial charge on any atom is 0.129 e. The summed E-state index contributed by atoms with van der Waals surface area (Å²) in [7, 11) is 0. The predicted molar refractivity (Wildman–Crippen MR) is 75.7 cm³/mol. The van der Waals surface area contributed by atoms with Crippen molar-refractivity contribution < 1.29 is 13.5 Å². The first-order valence-corrected chi connectivity index (χ1v) is 7.22. The number of hydrogen-bond donors (Lipinski definition) is 1. The van der Waals surface area contributed by atoms with E-state index in [1.54, 1.807) is 0 Å². The first-order valence-electron chi connectivity index (χ1n) is 7.22. The van der Waals surface area contributed by atoms with Crippen LogP contribution in [0.3, 0.4) is 0 Å². The van der Waals surface area contributed by atoms with Crippen LogP contribution in [0.25, 0.3) is 0 Å². The molecule has 0 amide bonds. The summed E-state index contributed by atoms with van der Waals surface area (Å²) in [6.07, 6.45) is 1.18. The highest BCUT2D eigenvalue weighted by Gasteiger charge is 2.42. The maximum atomic E-state index is 13.9. The van der Waals surface area contributed by atoms with Gasteiger partial charge in [-0.3, -0.25) is 0 Å². The summed E-state index contributed by atoms with van der Waals surface area (Å²) in [4.78, 5) is 0. The molecular formula is C16H23F2NO. The summed E-state index contributed by atoms with van der Waals surface area (Å²) in [5.74, 6) is -0.930. The van der Waals surface area contributed by atoms with Crippen molar-refractivity contribution in [3.8, 4) is 0 Å². The Kier molecular flexibility index (Phi) is 4.76. The van der Waals surface area contributed by atoms with Crippen molar-refractivity contribution in [2.24, 2.45) is 5.41 Å². The number of nitrogens with one attached hydrogen (secondary N) is 1. The number of hydrogen-bond acceptors (Lipinski definition) is 2. The van der Waals surface area contributed by atoms with Crippen LogP contribution in [-0.2, 0) is 11.2 Å². The molecule has 1 saturated heterocycles. The van der Waals surface area contributed by atoms with Crippen LogP contribution in [0.4, 0.5) is 8.78 Å². The van der Waals surface area contributed by atoms with Crippen LogP contribution in [0.15, 0.2) is 18.2 Å². The van der Waals surface area contributed by atoms with E-state index in [2.05, 4.69) is 19.2 Å². The fraction of sp³-hybridized carbons (Fsp3) is 0.625. The van der Waals surface area contributed by atoms with Crippen molar-refractivity contribution in [3.63, 3.8) is 0 Å². The smallest absolute Gasteiger partial charge is 0.129 e. The van der Waals surface area contributed by atoms with Crippen molar-refractivity contribution in [2.45, 2.75) is 45.8 Å². The molecule has 1 aromatic carbocycles. The van der Waals surface area contributed by atoms with Crippen molar-refractivity contribution in [3.05, 3.63) is 35.4 Å². The Balaban J connectivity index is 2.24. The zero-order chi connectivity index (χ0) is 14.8. The Morgan fingerprint density at radius 2 is 2.00 bits per heavy atom. The predicted octanol–water partition coefficient (Wildman–Crippen LogP) is 3.30. The van der Waals surface area contributed by atoms with E-state index >= 15 is 0 Å². The quantitative estimate of drug-likeness (QED) is 0.895. The molecule has 0 spiro atoms. The molecule has 20 heavy (non-hydrogen) atoms. The molecule has 0 saturated carbocycles. The molecule has 112 valence electrons. The molecule has 1 N–H and O–H groups in total. The monoisotopic (exact) mass is 283 g/mol. The van der Waals surface area contributed by atoms with Gasteiger partial charge in [0.15, 0.2) is 0 Å². The summed E-state index contributed by atoms with van der Waals surface area (Å²) in [6.45, 7) is 7.49. The zero-order valence-corrected chi connectivity index (χ0v) is 12.4. The first-order chi connectivity index (χ1) is 9.44. The molecule has 0 bridgehead atoms. The van der Waals surface area contributed by atoms with Gasteiger partial charge in [-0.2, -0.15) is 0 Å². The topological polar surface area (TPSA) is 21.3 Å². The molecule has 0 aromatic heterocycles. The molecule has 2 atom stereocenters. The van der Waals surface area contributed by atoms with E-state index in [1.807, 2.05) is 6.92 Å². The lowest BCUT2D eigenvalue weighted by atomic mass is 9.76. The highest BCUT2D eigenvalue weighted by molar-refractivity contribution is 5.22. The van der Waals surface area contributed by atoms with Gasteiger partial charge in [-0.15, -0.1) is 0 Å². The van der Waals surface area contributed by atoms with Crippen LogP contribution in [-0.4, -0.2) is 25.3 Å². The fourth-order valence-corrected chi connectivity index (χ4v) is 2.81. The number of ether oxygens (including phenoxy) is 1. The molecule has 0 aliphatic carbocycles. The summed E-state index contributed by atoms with van der Waals surface area (Å²) in [5.41, 5.74) is -0.0665. The van der Waals surface area contributed by atoms with Crippen LogP contribution in [0.5, 0.6) is 0 Å². The van der Waals surface area contributed by atoms with E-state index in [0.717, 1.165) is 6.42 Å². The molecule has 1 heterocycles. The number of rotatable bonds is 5. The van der Waals surface area contributed by atoms with E-state index < -0.39 is 11.6 Å². The van der Waals surface area contributed by atoms with Gasteiger partial charge in [-0.1, -0.05) is 19.9 Å². The minimum Gasteiger partial charge on any atom is -0.378 e. The lowest BCUT2D eigenvalue weighted by Gasteiger charge is -2.33. The highest BCUT2D eigenvalue weighted by atomic mass is 19.1. The van der Waals surface area contributed by atoms with Gasteiger partial charge in [0.25, 0.3) is 0 Å². The Labute approximate surface area is 119 Å². The molecule has 1 fully saturated rings. The van der Waals surface area contributed by atoms with Gasteiger partial charge >= 0.3 is 0 Å². The Hall–Kier alpha value is -1.00. The lowest BCUT2D eigenvalue weighted by Crippen LogP contribution is -2.43. The second kappa shape index (κ2) is 6.19. The third-order valence-electron chi connectivity index (χ3n) is 4.28. The van der Waals surface area contributed by atoms with E-state index in [-0.39, 0.29) is 17.1 Å². The van der Waals surface area contributed by atoms with Crippen molar-refractivity contribution in [2.75, 3.05) is 13.2 Å². The van der Waals surface area contributed by atoms with Crippen molar-refractivity contribution in [1.29, 1.82) is 0 Å². The van der Waals surface area contributed by atoms with Gasteiger partial charge in [-0.25, -0.2) is 8.78 Å². The number of benzene rings is 1. The normalized spacial score (nSPS) is 26.4. The van der Waals surface area contributed by atoms with Gasteiger partial charge in [0, 0.05) is 30.2 Å². The standard InChI is InChI=1S/C16H23F2NO/c1-11(2)19-10-16(7-8-20-12(16)3)9-13-14(17)5-4-6-15(13)18/h4-6,11-12,19H,7-10H2,1-3H3. The summed E-state index contributed by atoms with van der Waals surface area (Å²) in [5, 5.41) is 3.39. The fourth-order valence-electron chi connectivity index (χ4n) is 2.81. The minimum absolute atomic E-state index is 0.00671. The van der Waals surface area contributed by atoms with Gasteiger partial charge in [0.05, 0.1) is 6.10 Å². The van der Waals surface area contributed by atoms with E-state index in [4.69, 9.17) is 4.74 Å². The average Bonchev–Trinajstić information content (AvgIpc) is 2.74.